The number of amides is 1. The van der Waals surface area contributed by atoms with Crippen LogP contribution in [0.15, 0.2) is 82.7 Å². The van der Waals surface area contributed by atoms with E-state index in [1.807, 2.05) is 42.5 Å². The van der Waals surface area contributed by atoms with Gasteiger partial charge in [-0.2, -0.15) is 0 Å². The van der Waals surface area contributed by atoms with Gasteiger partial charge < -0.3 is 10.1 Å². The highest BCUT2D eigenvalue weighted by atomic mass is 32.2. The van der Waals surface area contributed by atoms with Crippen LogP contribution < -0.4 is 15.6 Å². The van der Waals surface area contributed by atoms with E-state index in [-0.39, 0.29) is 17.2 Å². The van der Waals surface area contributed by atoms with E-state index >= 15 is 0 Å². The Morgan fingerprint density at radius 1 is 1.03 bits per heavy atom. The molecule has 0 bridgehead atoms. The molecule has 0 spiro atoms. The molecular weight excluding hydrogens is 422 g/mol. The molecule has 3 aromatic carbocycles. The maximum atomic E-state index is 13.3. The van der Waals surface area contributed by atoms with Crippen molar-refractivity contribution in [2.45, 2.75) is 18.5 Å². The van der Waals surface area contributed by atoms with Gasteiger partial charge in [0.1, 0.15) is 5.75 Å². The third kappa shape index (κ3) is 4.68. The summed E-state index contributed by atoms with van der Waals surface area (Å²) in [6.07, 6.45) is 0.915. The molecule has 0 aliphatic carbocycles. The van der Waals surface area contributed by atoms with E-state index < -0.39 is 0 Å². The first-order valence-corrected chi connectivity index (χ1v) is 11.3. The summed E-state index contributed by atoms with van der Waals surface area (Å²) in [6, 6.07) is 22.2. The highest BCUT2D eigenvalue weighted by Gasteiger charge is 2.15. The molecule has 0 fully saturated rings. The van der Waals surface area contributed by atoms with Crippen molar-refractivity contribution in [1.82, 2.24) is 9.55 Å². The second-order valence-corrected chi connectivity index (χ2v) is 8.08. The second kappa shape index (κ2) is 9.70. The molecule has 7 heteroatoms. The van der Waals surface area contributed by atoms with Gasteiger partial charge in [0.05, 0.1) is 29.5 Å². The minimum absolute atomic E-state index is 0.115. The van der Waals surface area contributed by atoms with E-state index in [1.54, 1.807) is 42.0 Å². The number of methoxy groups -OCH3 is 1. The number of aromatic nitrogens is 2. The molecule has 4 rings (SSSR count). The van der Waals surface area contributed by atoms with E-state index in [9.17, 15) is 9.59 Å². The van der Waals surface area contributed by atoms with Crippen LogP contribution in [0.3, 0.4) is 0 Å². The standard InChI is InChI=1S/C25H23N3O3S/c1-3-17-8-12-19(13-9-17)28-24(30)21-6-4-5-7-22(21)27-25(28)32-16-23(29)26-18-10-14-20(31-2)15-11-18/h4-15H,3,16H2,1-2H3,(H,26,29). The number of fused-ring (bicyclic) bond motifs is 1. The van der Waals surface area contributed by atoms with E-state index in [1.165, 1.54) is 17.3 Å². The van der Waals surface area contributed by atoms with Gasteiger partial charge in [0, 0.05) is 5.69 Å². The van der Waals surface area contributed by atoms with Crippen molar-refractivity contribution in [3.8, 4) is 11.4 Å². The van der Waals surface area contributed by atoms with Crippen molar-refractivity contribution in [1.29, 1.82) is 0 Å². The average Bonchev–Trinajstić information content (AvgIpc) is 2.83. The van der Waals surface area contributed by atoms with Gasteiger partial charge in [-0.1, -0.05) is 43.0 Å². The fraction of sp³-hybridized carbons (Fsp3) is 0.160. The Morgan fingerprint density at radius 2 is 1.75 bits per heavy atom. The summed E-state index contributed by atoms with van der Waals surface area (Å²) in [7, 11) is 1.59. The molecule has 6 nitrogen and oxygen atoms in total. The van der Waals surface area contributed by atoms with Gasteiger partial charge >= 0.3 is 0 Å². The van der Waals surface area contributed by atoms with E-state index in [0.717, 1.165) is 17.9 Å². The van der Waals surface area contributed by atoms with Crippen molar-refractivity contribution in [3.63, 3.8) is 0 Å². The molecule has 1 amide bonds. The molecule has 0 saturated carbocycles. The molecule has 4 aromatic rings. The molecule has 0 aliphatic heterocycles. The summed E-state index contributed by atoms with van der Waals surface area (Å²) >= 11 is 1.23. The summed E-state index contributed by atoms with van der Waals surface area (Å²) in [5.74, 6) is 0.649. The predicted octanol–water partition coefficient (Wildman–Crippen LogP) is 4.69. The van der Waals surface area contributed by atoms with Crippen molar-refractivity contribution >= 4 is 34.3 Å². The number of hydrogen-bond acceptors (Lipinski definition) is 5. The Hall–Kier alpha value is -3.58. The number of para-hydroxylation sites is 1. The highest BCUT2D eigenvalue weighted by Crippen LogP contribution is 2.22. The van der Waals surface area contributed by atoms with Gasteiger partial charge in [0.2, 0.25) is 5.91 Å². The molecule has 0 radical (unpaired) electrons. The van der Waals surface area contributed by atoms with Crippen LogP contribution in [0.2, 0.25) is 0 Å². The number of carbonyl (C=O) groups excluding carboxylic acids is 1. The van der Waals surface area contributed by atoms with Gasteiger partial charge in [0.25, 0.3) is 5.56 Å². The molecule has 32 heavy (non-hydrogen) atoms. The smallest absolute Gasteiger partial charge is 0.266 e. The highest BCUT2D eigenvalue weighted by molar-refractivity contribution is 7.99. The lowest BCUT2D eigenvalue weighted by Gasteiger charge is -2.14. The molecule has 0 unspecified atom stereocenters. The summed E-state index contributed by atoms with van der Waals surface area (Å²) < 4.78 is 6.71. The van der Waals surface area contributed by atoms with Crippen molar-refractivity contribution in [3.05, 3.63) is 88.7 Å². The van der Waals surface area contributed by atoms with E-state index in [0.29, 0.717) is 21.7 Å². The average molecular weight is 446 g/mol. The zero-order valence-electron chi connectivity index (χ0n) is 17.9. The number of hydrogen-bond donors (Lipinski definition) is 1. The number of thioether (sulfide) groups is 1. The predicted molar refractivity (Wildman–Crippen MR) is 129 cm³/mol. The molecule has 1 heterocycles. The SMILES string of the molecule is CCc1ccc(-n2c(SCC(=O)Nc3ccc(OC)cc3)nc3ccccc3c2=O)cc1. The van der Waals surface area contributed by atoms with Gasteiger partial charge in [-0.25, -0.2) is 4.98 Å². The van der Waals surface area contributed by atoms with Crippen LogP contribution in [0.5, 0.6) is 5.75 Å². The van der Waals surface area contributed by atoms with Gasteiger partial charge in [-0.05, 0) is 60.5 Å². The Labute approximate surface area is 190 Å². The van der Waals surface area contributed by atoms with Crippen LogP contribution >= 0.6 is 11.8 Å². The minimum atomic E-state index is -0.185. The third-order valence-electron chi connectivity index (χ3n) is 5.05. The van der Waals surface area contributed by atoms with Crippen molar-refractivity contribution < 1.29 is 9.53 Å². The number of anilines is 1. The lowest BCUT2D eigenvalue weighted by Crippen LogP contribution is -2.23. The summed E-state index contributed by atoms with van der Waals surface area (Å²) in [5.41, 5.74) is 3.04. The van der Waals surface area contributed by atoms with Crippen LogP contribution in [0.1, 0.15) is 12.5 Å². The maximum absolute atomic E-state index is 13.3. The summed E-state index contributed by atoms with van der Waals surface area (Å²) in [5, 5.41) is 3.87. The third-order valence-corrected chi connectivity index (χ3v) is 5.99. The second-order valence-electron chi connectivity index (χ2n) is 7.14. The Balaban J connectivity index is 1.62. The largest absolute Gasteiger partial charge is 0.497 e. The number of nitrogens with one attached hydrogen (secondary N) is 1. The summed E-state index contributed by atoms with van der Waals surface area (Å²) in [4.78, 5) is 30.5. The Bertz CT molecular complexity index is 1300. The number of rotatable bonds is 7. The molecule has 162 valence electrons. The monoisotopic (exact) mass is 445 g/mol. The first-order valence-electron chi connectivity index (χ1n) is 10.3. The number of ether oxygens (including phenoxy) is 1. The normalized spacial score (nSPS) is 10.8. The van der Waals surface area contributed by atoms with Crippen LogP contribution in [0.4, 0.5) is 5.69 Å². The number of carbonyl (C=O) groups is 1. The van der Waals surface area contributed by atoms with Crippen molar-refractivity contribution in [2.24, 2.45) is 0 Å². The fourth-order valence-corrected chi connectivity index (χ4v) is 4.13. The van der Waals surface area contributed by atoms with Gasteiger partial charge in [-0.3, -0.25) is 14.2 Å². The summed E-state index contributed by atoms with van der Waals surface area (Å²) in [6.45, 7) is 2.08. The Kier molecular flexibility index (Phi) is 6.56. The molecule has 0 aliphatic rings. The van der Waals surface area contributed by atoms with Crippen LogP contribution in [0.25, 0.3) is 16.6 Å². The molecule has 1 aromatic heterocycles. The topological polar surface area (TPSA) is 73.2 Å². The zero-order valence-corrected chi connectivity index (χ0v) is 18.7. The van der Waals surface area contributed by atoms with Crippen LogP contribution in [0, 0.1) is 0 Å². The lowest BCUT2D eigenvalue weighted by atomic mass is 10.1. The van der Waals surface area contributed by atoms with Gasteiger partial charge in [0.15, 0.2) is 5.16 Å². The maximum Gasteiger partial charge on any atom is 0.266 e. The van der Waals surface area contributed by atoms with E-state index in [2.05, 4.69) is 17.2 Å². The number of aryl methyl sites for hydroxylation is 1. The molecule has 0 atom stereocenters. The first kappa shape index (κ1) is 21.6. The van der Waals surface area contributed by atoms with Crippen molar-refractivity contribution in [2.75, 3.05) is 18.2 Å². The van der Waals surface area contributed by atoms with Gasteiger partial charge in [-0.15, -0.1) is 0 Å². The molecule has 1 N–H and O–H groups in total. The first-order chi connectivity index (χ1) is 15.6. The fourth-order valence-electron chi connectivity index (χ4n) is 3.32. The van der Waals surface area contributed by atoms with Crippen LogP contribution in [-0.2, 0) is 11.2 Å². The number of nitrogens with zero attached hydrogens (tertiary/aromatic N) is 2. The lowest BCUT2D eigenvalue weighted by molar-refractivity contribution is -0.113. The quantitative estimate of drug-likeness (QED) is 0.330. The van der Waals surface area contributed by atoms with Crippen LogP contribution in [-0.4, -0.2) is 28.3 Å². The minimum Gasteiger partial charge on any atom is -0.497 e. The number of benzene rings is 3. The zero-order chi connectivity index (χ0) is 22.5. The molecular formula is C25H23N3O3S. The molecule has 0 saturated heterocycles. The Morgan fingerprint density at radius 3 is 2.44 bits per heavy atom. The van der Waals surface area contributed by atoms with E-state index in [4.69, 9.17) is 4.74 Å².